The van der Waals surface area contributed by atoms with E-state index in [9.17, 15) is 4.79 Å². The van der Waals surface area contributed by atoms with Gasteiger partial charge in [0.05, 0.1) is 0 Å². The van der Waals surface area contributed by atoms with E-state index in [1.54, 1.807) is 19.0 Å². The van der Waals surface area contributed by atoms with Gasteiger partial charge in [-0.05, 0) is 39.3 Å². The topological polar surface area (TPSA) is 69.2 Å². The molecular formula is C20H33N5O2. The molecule has 1 saturated heterocycles. The van der Waals surface area contributed by atoms with Gasteiger partial charge < -0.3 is 25.2 Å². The molecule has 0 spiro atoms. The van der Waals surface area contributed by atoms with Crippen molar-refractivity contribution in [1.82, 2.24) is 15.5 Å². The highest BCUT2D eigenvalue weighted by atomic mass is 16.6. The minimum atomic E-state index is -0.483. The molecule has 1 atom stereocenters. The molecule has 1 fully saturated rings. The highest BCUT2D eigenvalue weighted by molar-refractivity contribution is 5.80. The van der Waals surface area contributed by atoms with Gasteiger partial charge in [-0.25, -0.2) is 4.79 Å². The van der Waals surface area contributed by atoms with Crippen LogP contribution in [0.25, 0.3) is 0 Å². The largest absolute Gasteiger partial charge is 0.444 e. The van der Waals surface area contributed by atoms with E-state index in [4.69, 9.17) is 4.74 Å². The summed E-state index contributed by atoms with van der Waals surface area (Å²) < 4.78 is 5.35. The zero-order valence-corrected chi connectivity index (χ0v) is 17.2. The molecule has 0 aromatic heterocycles. The number of nitrogens with zero attached hydrogens (tertiary/aromatic N) is 3. The summed E-state index contributed by atoms with van der Waals surface area (Å²) in [6, 6.07) is 10.8. The molecule has 0 radical (unpaired) electrons. The molecule has 27 heavy (non-hydrogen) atoms. The summed E-state index contributed by atoms with van der Waals surface area (Å²) in [6.45, 7) is 8.71. The summed E-state index contributed by atoms with van der Waals surface area (Å²) in [5.41, 5.74) is 0.771. The van der Waals surface area contributed by atoms with Crippen LogP contribution in [0.15, 0.2) is 35.3 Å². The first-order chi connectivity index (χ1) is 12.8. The molecule has 1 aliphatic rings. The lowest BCUT2D eigenvalue weighted by atomic mass is 10.2. The number of carbonyl (C=O) groups excluding carboxylic acids is 1. The van der Waals surface area contributed by atoms with E-state index in [0.29, 0.717) is 19.1 Å². The van der Waals surface area contributed by atoms with Crippen LogP contribution in [0.5, 0.6) is 0 Å². The molecule has 1 amide bonds. The van der Waals surface area contributed by atoms with Gasteiger partial charge in [-0.1, -0.05) is 18.2 Å². The molecule has 2 N–H and O–H groups in total. The molecule has 1 heterocycles. The van der Waals surface area contributed by atoms with Crippen molar-refractivity contribution in [1.29, 1.82) is 0 Å². The molecule has 7 heteroatoms. The Bertz CT molecular complexity index is 627. The quantitative estimate of drug-likeness (QED) is 0.610. The van der Waals surface area contributed by atoms with Gasteiger partial charge >= 0.3 is 6.09 Å². The van der Waals surface area contributed by atoms with Crippen LogP contribution in [-0.2, 0) is 4.74 Å². The summed E-state index contributed by atoms with van der Waals surface area (Å²) >= 11 is 0. The second kappa shape index (κ2) is 9.48. The molecule has 1 aromatic carbocycles. The van der Waals surface area contributed by atoms with Gasteiger partial charge in [0, 0.05) is 52.0 Å². The van der Waals surface area contributed by atoms with E-state index >= 15 is 0 Å². The number of guanidine groups is 1. The molecule has 150 valence electrons. The standard InChI is InChI=1S/C20H33N5O2/c1-20(2,3)27-19(26)24(5)14-12-22-18(21-4)23-16-11-13-25(15-16)17-9-7-6-8-10-17/h6-10,16H,11-15H2,1-5H3,(H2,21,22,23). The Labute approximate surface area is 162 Å². The van der Waals surface area contributed by atoms with E-state index < -0.39 is 5.60 Å². The molecule has 1 unspecified atom stereocenters. The van der Waals surface area contributed by atoms with Crippen molar-refractivity contribution in [3.05, 3.63) is 30.3 Å². The lowest BCUT2D eigenvalue weighted by molar-refractivity contribution is 0.0302. The van der Waals surface area contributed by atoms with Gasteiger partial charge in [0.1, 0.15) is 5.60 Å². The Morgan fingerprint density at radius 3 is 2.67 bits per heavy atom. The van der Waals surface area contributed by atoms with Crippen LogP contribution in [0.2, 0.25) is 0 Å². The SMILES string of the molecule is CN=C(NCCN(C)C(=O)OC(C)(C)C)NC1CCN(c2ccccc2)C1. The maximum Gasteiger partial charge on any atom is 0.410 e. The van der Waals surface area contributed by atoms with Crippen molar-refractivity contribution >= 4 is 17.7 Å². The Balaban J connectivity index is 1.73. The van der Waals surface area contributed by atoms with E-state index in [1.807, 2.05) is 26.8 Å². The first-order valence-corrected chi connectivity index (χ1v) is 9.50. The predicted octanol–water partition coefficient (Wildman–Crippen LogP) is 2.30. The van der Waals surface area contributed by atoms with Crippen molar-refractivity contribution in [2.24, 2.45) is 4.99 Å². The van der Waals surface area contributed by atoms with Crippen LogP contribution in [0, 0.1) is 0 Å². The van der Waals surface area contributed by atoms with Crippen molar-refractivity contribution < 1.29 is 9.53 Å². The average Bonchev–Trinajstić information content (AvgIpc) is 3.08. The molecule has 0 aliphatic carbocycles. The molecular weight excluding hydrogens is 342 g/mol. The van der Waals surface area contributed by atoms with Gasteiger partial charge in [0.15, 0.2) is 5.96 Å². The van der Waals surface area contributed by atoms with Gasteiger partial charge in [0.2, 0.25) is 0 Å². The molecule has 7 nitrogen and oxygen atoms in total. The fourth-order valence-corrected chi connectivity index (χ4v) is 2.91. The van der Waals surface area contributed by atoms with Crippen LogP contribution < -0.4 is 15.5 Å². The van der Waals surface area contributed by atoms with E-state index in [2.05, 4.69) is 44.8 Å². The van der Waals surface area contributed by atoms with Crippen molar-refractivity contribution in [3.8, 4) is 0 Å². The zero-order chi connectivity index (χ0) is 19.9. The number of carbonyl (C=O) groups is 1. The fourth-order valence-electron chi connectivity index (χ4n) is 2.91. The molecule has 0 saturated carbocycles. The fraction of sp³-hybridized carbons (Fsp3) is 0.600. The summed E-state index contributed by atoms with van der Waals surface area (Å²) in [4.78, 5) is 20.2. The van der Waals surface area contributed by atoms with Crippen LogP contribution in [0.4, 0.5) is 10.5 Å². The van der Waals surface area contributed by atoms with Gasteiger partial charge in [-0.15, -0.1) is 0 Å². The first-order valence-electron chi connectivity index (χ1n) is 9.50. The first kappa shape index (κ1) is 20.9. The normalized spacial score (nSPS) is 17.6. The number of hydrogen-bond acceptors (Lipinski definition) is 4. The highest BCUT2D eigenvalue weighted by Crippen LogP contribution is 2.19. The average molecular weight is 376 g/mol. The van der Waals surface area contributed by atoms with Crippen molar-refractivity contribution in [2.45, 2.75) is 38.8 Å². The minimum Gasteiger partial charge on any atom is -0.444 e. The number of anilines is 1. The zero-order valence-electron chi connectivity index (χ0n) is 17.2. The molecule has 1 aromatic rings. The Morgan fingerprint density at radius 1 is 1.33 bits per heavy atom. The predicted molar refractivity (Wildman–Crippen MR) is 110 cm³/mol. The lowest BCUT2D eigenvalue weighted by Gasteiger charge is -2.25. The highest BCUT2D eigenvalue weighted by Gasteiger charge is 2.23. The molecule has 1 aliphatic heterocycles. The molecule has 0 bridgehead atoms. The Hall–Kier alpha value is -2.44. The monoisotopic (exact) mass is 375 g/mol. The van der Waals surface area contributed by atoms with E-state index in [1.165, 1.54) is 5.69 Å². The summed E-state index contributed by atoms with van der Waals surface area (Å²) in [5.74, 6) is 0.757. The molecule has 2 rings (SSSR count). The van der Waals surface area contributed by atoms with Crippen molar-refractivity contribution in [2.75, 3.05) is 45.2 Å². The maximum atomic E-state index is 12.0. The number of likely N-dealkylation sites (N-methyl/N-ethyl adjacent to an activating group) is 1. The van der Waals surface area contributed by atoms with Gasteiger partial charge in [0.25, 0.3) is 0 Å². The second-order valence-electron chi connectivity index (χ2n) is 7.81. The summed E-state index contributed by atoms with van der Waals surface area (Å²) in [5, 5.41) is 6.74. The van der Waals surface area contributed by atoms with E-state index in [0.717, 1.165) is 25.5 Å². The number of benzene rings is 1. The summed E-state index contributed by atoms with van der Waals surface area (Å²) in [7, 11) is 3.50. The number of para-hydroxylation sites is 1. The number of ether oxygens (including phenoxy) is 1. The third-order valence-corrected chi connectivity index (χ3v) is 4.32. The van der Waals surface area contributed by atoms with Crippen LogP contribution in [0.3, 0.4) is 0 Å². The second-order valence-corrected chi connectivity index (χ2v) is 7.81. The number of nitrogens with one attached hydrogen (secondary N) is 2. The minimum absolute atomic E-state index is 0.318. The maximum absolute atomic E-state index is 12.0. The van der Waals surface area contributed by atoms with Crippen molar-refractivity contribution in [3.63, 3.8) is 0 Å². The number of aliphatic imine (C=N–C) groups is 1. The number of amides is 1. The lowest BCUT2D eigenvalue weighted by Crippen LogP contribution is -2.47. The third-order valence-electron chi connectivity index (χ3n) is 4.32. The van der Waals surface area contributed by atoms with E-state index in [-0.39, 0.29) is 6.09 Å². The van der Waals surface area contributed by atoms with Crippen LogP contribution in [-0.4, -0.2) is 68.9 Å². The number of rotatable bonds is 5. The Kier molecular flexibility index (Phi) is 7.33. The Morgan fingerprint density at radius 2 is 2.04 bits per heavy atom. The summed E-state index contributed by atoms with van der Waals surface area (Å²) in [6.07, 6.45) is 0.745. The van der Waals surface area contributed by atoms with Gasteiger partial charge in [-0.3, -0.25) is 4.99 Å². The number of hydrogen-bond donors (Lipinski definition) is 2. The van der Waals surface area contributed by atoms with Crippen LogP contribution >= 0.6 is 0 Å². The van der Waals surface area contributed by atoms with Gasteiger partial charge in [-0.2, -0.15) is 0 Å². The third kappa shape index (κ3) is 7.00. The smallest absolute Gasteiger partial charge is 0.410 e. The van der Waals surface area contributed by atoms with Crippen LogP contribution in [0.1, 0.15) is 27.2 Å².